The Morgan fingerprint density at radius 3 is 1.97 bits per heavy atom. The van der Waals surface area contributed by atoms with Gasteiger partial charge in [-0.3, -0.25) is 4.84 Å². The number of hydrogen-bond donors (Lipinski definition) is 0. The van der Waals surface area contributed by atoms with E-state index in [1.165, 1.54) is 0 Å². The van der Waals surface area contributed by atoms with E-state index in [9.17, 15) is 0 Å². The van der Waals surface area contributed by atoms with E-state index in [2.05, 4.69) is 4.52 Å². The molecule has 0 spiro atoms. The Morgan fingerprint density at radius 2 is 1.38 bits per heavy atom. The van der Waals surface area contributed by atoms with Gasteiger partial charge in [-0.2, -0.15) is 0 Å². The average molecular weight is 446 g/mol. The Kier molecular flexibility index (Phi) is 9.32. The van der Waals surface area contributed by atoms with Gasteiger partial charge in [-0.05, 0) is 43.3 Å². The first-order chi connectivity index (χ1) is 14.3. The Hall–Kier alpha value is -2.06. The minimum Gasteiger partial charge on any atom is -0.458 e. The molecule has 0 N–H and O–H groups in total. The highest BCUT2D eigenvalue weighted by molar-refractivity contribution is 7.60. The summed E-state index contributed by atoms with van der Waals surface area (Å²) in [5.41, 5.74) is 0. The highest BCUT2D eigenvalue weighted by Crippen LogP contribution is 2.52. The first kappa shape index (κ1) is 21.6. The van der Waals surface area contributed by atoms with Crippen LogP contribution in [0.5, 0.6) is 17.2 Å². The van der Waals surface area contributed by atoms with E-state index in [0.717, 1.165) is 11.5 Å². The summed E-state index contributed by atoms with van der Waals surface area (Å²) in [6.45, 7) is 2.38. The summed E-state index contributed by atoms with van der Waals surface area (Å²) in [7, 11) is -1.22. The molecule has 0 aliphatic heterocycles. The molecule has 150 valence electrons. The largest absolute Gasteiger partial charge is 0.458 e. The lowest BCUT2D eigenvalue weighted by Crippen LogP contribution is -2.12. The van der Waals surface area contributed by atoms with Gasteiger partial charge in [-0.15, -0.1) is 4.52 Å². The van der Waals surface area contributed by atoms with Crippen LogP contribution in [0.4, 0.5) is 0 Å². The van der Waals surface area contributed by atoms with E-state index < -0.39 is 8.45 Å². The molecular weight excluding hydrogens is 425 g/mol. The van der Waals surface area contributed by atoms with Crippen molar-refractivity contribution in [2.75, 3.05) is 6.61 Å². The first-order valence-electron chi connectivity index (χ1n) is 8.92. The van der Waals surface area contributed by atoms with Crippen LogP contribution in [-0.4, -0.2) is 11.2 Å². The monoisotopic (exact) mass is 446 g/mol. The van der Waals surface area contributed by atoms with Crippen molar-refractivity contribution >= 4 is 26.0 Å². The molecule has 3 aromatic rings. The highest BCUT2D eigenvalue weighted by Gasteiger charge is 2.24. The number of para-hydroxylation sites is 3. The van der Waals surface area contributed by atoms with Crippen molar-refractivity contribution in [3.05, 3.63) is 91.0 Å². The van der Waals surface area contributed by atoms with Crippen LogP contribution in [0.3, 0.4) is 0 Å². The predicted molar refractivity (Wildman–Crippen MR) is 119 cm³/mol. The summed E-state index contributed by atoms with van der Waals surface area (Å²) in [6.07, 6.45) is 0. The summed E-state index contributed by atoms with van der Waals surface area (Å²) in [5.74, 6) is 2.19. The Bertz CT molecular complexity index is 857. The van der Waals surface area contributed by atoms with Gasteiger partial charge in [0.1, 0.15) is 17.2 Å². The van der Waals surface area contributed by atoms with Gasteiger partial charge in [-0.1, -0.05) is 59.2 Å². The second kappa shape index (κ2) is 12.5. The lowest BCUT2D eigenvalue weighted by Gasteiger charge is -2.24. The zero-order valence-corrected chi connectivity index (χ0v) is 18.6. The predicted octanol–water partition coefficient (Wildman–Crippen LogP) is 7.26. The molecule has 2 atom stereocenters. The molecule has 0 aromatic heterocycles. The maximum atomic E-state index is 6.09. The number of hydrogen-bond acceptors (Lipinski definition) is 6. The number of nitrogens with zero attached hydrogens (tertiary/aromatic N) is 2. The molecule has 0 heterocycles. The van der Waals surface area contributed by atoms with Gasteiger partial charge >= 0.3 is 8.45 Å². The van der Waals surface area contributed by atoms with Crippen molar-refractivity contribution in [3.63, 3.8) is 0 Å². The molecule has 0 bridgehead atoms. The van der Waals surface area contributed by atoms with Crippen molar-refractivity contribution in [2.45, 2.75) is 6.92 Å². The molecule has 2 unspecified atom stereocenters. The summed E-state index contributed by atoms with van der Waals surface area (Å²) in [6, 6.07) is 28.6. The molecule has 0 saturated heterocycles. The topological polar surface area (TPSA) is 52.5 Å². The fourth-order valence-electron chi connectivity index (χ4n) is 2.06. The van der Waals surface area contributed by atoms with Crippen LogP contribution in [0.1, 0.15) is 6.92 Å². The highest BCUT2D eigenvalue weighted by atomic mass is 31.2. The van der Waals surface area contributed by atoms with Gasteiger partial charge in [0.05, 0.1) is 6.61 Å². The van der Waals surface area contributed by atoms with Gasteiger partial charge in [0.2, 0.25) is 0 Å². The number of benzene rings is 3. The van der Waals surface area contributed by atoms with Crippen LogP contribution in [-0.2, 0) is 4.84 Å². The van der Waals surface area contributed by atoms with Crippen molar-refractivity contribution < 1.29 is 18.4 Å². The molecule has 0 amide bonds. The number of rotatable bonds is 11. The van der Waals surface area contributed by atoms with Gasteiger partial charge in [0.25, 0.3) is 8.60 Å². The quantitative estimate of drug-likeness (QED) is 0.229. The van der Waals surface area contributed by atoms with Gasteiger partial charge < -0.3 is 13.6 Å². The van der Waals surface area contributed by atoms with E-state index in [-0.39, 0.29) is 8.96 Å². The molecule has 0 radical (unpaired) electrons. The van der Waals surface area contributed by atoms with E-state index in [1.54, 1.807) is 4.60 Å². The lowest BCUT2D eigenvalue weighted by atomic mass is 10.3. The Labute approximate surface area is 175 Å². The first-order valence-corrected chi connectivity index (χ1v) is 11.7. The zero-order chi connectivity index (χ0) is 20.2. The maximum absolute atomic E-state index is 6.09. The van der Waals surface area contributed by atoms with Crippen molar-refractivity contribution in [1.29, 1.82) is 0 Å². The third kappa shape index (κ3) is 7.70. The maximum Gasteiger partial charge on any atom is 0.337 e. The van der Waals surface area contributed by atoms with Crippen molar-refractivity contribution in [1.82, 2.24) is 4.60 Å². The third-order valence-electron chi connectivity index (χ3n) is 3.32. The SMILES string of the molecule is CCON(POc1ccccc1)P(N=POc1ccccc1)Oc1ccccc1. The molecule has 0 fully saturated rings. The fraction of sp³-hybridized carbons (Fsp3) is 0.100. The average Bonchev–Trinajstić information content (AvgIpc) is 2.78. The summed E-state index contributed by atoms with van der Waals surface area (Å²) in [4.78, 5) is 5.77. The third-order valence-corrected chi connectivity index (χ3v) is 6.69. The van der Waals surface area contributed by atoms with Crippen LogP contribution in [0.15, 0.2) is 95.5 Å². The van der Waals surface area contributed by atoms with Crippen molar-refractivity contribution in [2.24, 2.45) is 4.52 Å². The second-order valence-electron chi connectivity index (χ2n) is 5.43. The smallest absolute Gasteiger partial charge is 0.337 e. The van der Waals surface area contributed by atoms with Gasteiger partial charge in [0.15, 0.2) is 8.96 Å². The van der Waals surface area contributed by atoms with Crippen LogP contribution < -0.4 is 13.6 Å². The zero-order valence-electron chi connectivity index (χ0n) is 15.8. The van der Waals surface area contributed by atoms with E-state index in [0.29, 0.717) is 21.0 Å². The van der Waals surface area contributed by atoms with E-state index >= 15 is 0 Å². The molecule has 3 rings (SSSR count). The summed E-state index contributed by atoms with van der Waals surface area (Å²) in [5, 5.41) is 0. The van der Waals surface area contributed by atoms with Crippen LogP contribution >= 0.6 is 26.0 Å². The van der Waals surface area contributed by atoms with E-state index in [4.69, 9.17) is 18.4 Å². The molecule has 3 aromatic carbocycles. The van der Waals surface area contributed by atoms with Gasteiger partial charge in [0, 0.05) is 0 Å². The molecule has 29 heavy (non-hydrogen) atoms. The van der Waals surface area contributed by atoms with E-state index in [1.807, 2.05) is 97.9 Å². The molecule has 6 nitrogen and oxygen atoms in total. The Balaban J connectivity index is 1.72. The minimum absolute atomic E-state index is 0.121. The molecule has 0 aliphatic rings. The van der Waals surface area contributed by atoms with Crippen molar-refractivity contribution in [3.8, 4) is 17.2 Å². The normalized spacial score (nSPS) is 12.5. The molecule has 0 saturated carbocycles. The lowest BCUT2D eigenvalue weighted by molar-refractivity contribution is -0.00833. The minimum atomic E-state index is -1.51. The molecule has 0 aliphatic carbocycles. The summed E-state index contributed by atoms with van der Waals surface area (Å²) >= 11 is 0. The standard InChI is InChI=1S/C20H21N2O4P3/c1-2-23-22(28-25-19-14-8-4-9-15-19)29(26-20-16-10-5-11-17-20)21-27-24-18-12-6-3-7-13-18/h3-17,28H,2H2,1H3. The summed E-state index contributed by atoms with van der Waals surface area (Å²) < 4.78 is 23.8. The second-order valence-corrected chi connectivity index (χ2v) is 8.71. The molecular formula is C20H21N2O4P3. The van der Waals surface area contributed by atoms with Crippen LogP contribution in [0.2, 0.25) is 0 Å². The van der Waals surface area contributed by atoms with Crippen LogP contribution in [0, 0.1) is 0 Å². The van der Waals surface area contributed by atoms with Crippen LogP contribution in [0.25, 0.3) is 0 Å². The van der Waals surface area contributed by atoms with Gasteiger partial charge in [-0.25, -0.2) is 0 Å². The molecule has 9 heteroatoms. The Morgan fingerprint density at radius 1 is 0.828 bits per heavy atom. The fourth-order valence-corrected chi connectivity index (χ4v) is 5.09.